The number of ketones is 1. The summed E-state index contributed by atoms with van der Waals surface area (Å²) in [6.07, 6.45) is 4.31. The second kappa shape index (κ2) is 13.4. The van der Waals surface area contributed by atoms with Crippen molar-refractivity contribution in [3.05, 3.63) is 0 Å². The van der Waals surface area contributed by atoms with Gasteiger partial charge in [0, 0.05) is 49.9 Å². The van der Waals surface area contributed by atoms with Gasteiger partial charge >= 0.3 is 0 Å². The van der Waals surface area contributed by atoms with Gasteiger partial charge in [-0.05, 0) is 25.7 Å². The summed E-state index contributed by atoms with van der Waals surface area (Å²) in [4.78, 5) is 34.2. The number of Topliss-reactive ketones (excluding diaryl/α,β-unsaturated/α-hetero) is 1. The summed E-state index contributed by atoms with van der Waals surface area (Å²) in [7, 11) is 0. The third kappa shape index (κ3) is 9.42. The molecule has 1 aliphatic carbocycles. The third-order valence-electron chi connectivity index (χ3n) is 4.08. The van der Waals surface area contributed by atoms with Crippen molar-refractivity contribution in [2.45, 2.75) is 51.5 Å². The van der Waals surface area contributed by atoms with Crippen LogP contribution in [0.5, 0.6) is 0 Å². The summed E-state index contributed by atoms with van der Waals surface area (Å²) in [5.74, 6) is 0.0141. The van der Waals surface area contributed by atoms with Crippen molar-refractivity contribution in [3.8, 4) is 0 Å². The molecule has 0 bridgehead atoms. The van der Waals surface area contributed by atoms with Crippen LogP contribution in [0.3, 0.4) is 0 Å². The number of carbonyl (C=O) groups excluding carboxylic acids is 3. The SMILES string of the molecule is CCC(=O)C1CCC(NC(=O)CCOCCNC(=O)CO)CC1.[V]. The van der Waals surface area contributed by atoms with E-state index in [-0.39, 0.29) is 42.8 Å². The number of hydrogen-bond acceptors (Lipinski definition) is 5. The van der Waals surface area contributed by atoms with Crippen molar-refractivity contribution in [2.24, 2.45) is 5.92 Å². The second-order valence-corrected chi connectivity index (χ2v) is 5.81. The molecule has 24 heavy (non-hydrogen) atoms. The number of rotatable bonds is 10. The summed E-state index contributed by atoms with van der Waals surface area (Å²) in [6, 6.07) is 0.159. The van der Waals surface area contributed by atoms with Gasteiger partial charge in [0.05, 0.1) is 13.2 Å². The Morgan fingerprint density at radius 3 is 2.33 bits per heavy atom. The van der Waals surface area contributed by atoms with E-state index in [9.17, 15) is 14.4 Å². The molecule has 1 aliphatic rings. The van der Waals surface area contributed by atoms with E-state index in [1.807, 2.05) is 6.92 Å². The van der Waals surface area contributed by atoms with E-state index in [1.165, 1.54) is 0 Å². The zero-order valence-corrected chi connectivity index (χ0v) is 15.6. The molecule has 7 nitrogen and oxygen atoms in total. The van der Waals surface area contributed by atoms with E-state index in [0.29, 0.717) is 32.0 Å². The molecule has 0 saturated heterocycles. The first-order chi connectivity index (χ1) is 11.1. The van der Waals surface area contributed by atoms with Gasteiger partial charge in [0.15, 0.2) is 0 Å². The van der Waals surface area contributed by atoms with Crippen molar-refractivity contribution in [1.82, 2.24) is 10.6 Å². The van der Waals surface area contributed by atoms with Crippen LogP contribution in [0, 0.1) is 5.92 Å². The van der Waals surface area contributed by atoms with Gasteiger partial charge in [-0.15, -0.1) is 0 Å². The second-order valence-electron chi connectivity index (χ2n) is 5.81. The Morgan fingerprint density at radius 2 is 1.75 bits per heavy atom. The molecular weight excluding hydrogens is 351 g/mol. The molecule has 0 heterocycles. The number of amides is 2. The van der Waals surface area contributed by atoms with Gasteiger partial charge in [-0.1, -0.05) is 6.92 Å². The summed E-state index contributed by atoms with van der Waals surface area (Å²) in [5, 5.41) is 13.9. The average Bonchev–Trinajstić information content (AvgIpc) is 2.57. The molecule has 0 spiro atoms. The number of nitrogens with one attached hydrogen (secondary N) is 2. The van der Waals surface area contributed by atoms with Gasteiger partial charge in [0.2, 0.25) is 11.8 Å². The molecule has 0 aromatic heterocycles. The van der Waals surface area contributed by atoms with Crippen LogP contribution < -0.4 is 10.6 Å². The maximum Gasteiger partial charge on any atom is 0.245 e. The van der Waals surface area contributed by atoms with E-state index in [1.54, 1.807) is 0 Å². The summed E-state index contributed by atoms with van der Waals surface area (Å²) < 4.78 is 5.25. The summed E-state index contributed by atoms with van der Waals surface area (Å²) >= 11 is 0. The minimum absolute atomic E-state index is 0. The minimum Gasteiger partial charge on any atom is -0.387 e. The zero-order valence-electron chi connectivity index (χ0n) is 14.3. The Labute approximate surface area is 155 Å². The van der Waals surface area contributed by atoms with Crippen LogP contribution in [0.1, 0.15) is 45.4 Å². The molecule has 137 valence electrons. The molecule has 0 aromatic rings. The van der Waals surface area contributed by atoms with Crippen molar-refractivity contribution in [3.63, 3.8) is 0 Å². The first-order valence-corrected chi connectivity index (χ1v) is 8.34. The predicted octanol–water partition coefficient (Wildman–Crippen LogP) is 0.153. The fourth-order valence-electron chi connectivity index (χ4n) is 2.73. The van der Waals surface area contributed by atoms with Gasteiger partial charge in [0.1, 0.15) is 12.4 Å². The Kier molecular flexibility index (Phi) is 12.9. The Bertz CT molecular complexity index is 398. The minimum atomic E-state index is -0.533. The molecule has 0 aliphatic heterocycles. The molecule has 1 radical (unpaired) electrons. The third-order valence-corrected chi connectivity index (χ3v) is 4.08. The van der Waals surface area contributed by atoms with Crippen LogP contribution in [0.4, 0.5) is 0 Å². The molecule has 1 rings (SSSR count). The monoisotopic (exact) mass is 379 g/mol. The van der Waals surface area contributed by atoms with Gasteiger partial charge in [0.25, 0.3) is 0 Å². The zero-order chi connectivity index (χ0) is 17.1. The number of ether oxygens (including phenoxy) is 1. The average molecular weight is 379 g/mol. The molecular formula is C16H28N2O5V. The number of aliphatic hydroxyl groups excluding tert-OH is 1. The van der Waals surface area contributed by atoms with E-state index in [2.05, 4.69) is 10.6 Å². The standard InChI is InChI=1S/C16H28N2O5.V/c1-2-14(20)12-3-5-13(6-4-12)18-15(21)7-9-23-10-8-17-16(22)11-19;/h12-13,19H,2-11H2,1H3,(H,17,22)(H,18,21);. The van der Waals surface area contributed by atoms with Crippen LogP contribution in [0.2, 0.25) is 0 Å². The predicted molar refractivity (Wildman–Crippen MR) is 84.7 cm³/mol. The van der Waals surface area contributed by atoms with Crippen LogP contribution in [-0.2, 0) is 37.7 Å². The summed E-state index contributed by atoms with van der Waals surface area (Å²) in [6.45, 7) is 2.28. The van der Waals surface area contributed by atoms with Gasteiger partial charge in [-0.25, -0.2) is 0 Å². The quantitative estimate of drug-likeness (QED) is 0.469. The van der Waals surface area contributed by atoms with Crippen LogP contribution in [-0.4, -0.2) is 55.1 Å². The van der Waals surface area contributed by atoms with Crippen LogP contribution in [0.15, 0.2) is 0 Å². The maximum atomic E-state index is 11.8. The normalized spacial score (nSPS) is 19.9. The Hall–Kier alpha value is -0.886. The Morgan fingerprint density at radius 1 is 1.08 bits per heavy atom. The molecule has 0 aromatic carbocycles. The van der Waals surface area contributed by atoms with Crippen LogP contribution >= 0.6 is 0 Å². The molecule has 8 heteroatoms. The van der Waals surface area contributed by atoms with Crippen molar-refractivity contribution < 1.29 is 42.8 Å². The van der Waals surface area contributed by atoms with E-state index < -0.39 is 12.5 Å². The molecule has 1 fully saturated rings. The molecule has 3 N–H and O–H groups in total. The number of hydrogen-bond donors (Lipinski definition) is 3. The van der Waals surface area contributed by atoms with E-state index in [0.717, 1.165) is 25.7 Å². The van der Waals surface area contributed by atoms with Gasteiger partial charge < -0.3 is 20.5 Å². The van der Waals surface area contributed by atoms with Crippen molar-refractivity contribution >= 4 is 17.6 Å². The number of carbonyl (C=O) groups is 3. The van der Waals surface area contributed by atoms with Crippen LogP contribution in [0.25, 0.3) is 0 Å². The smallest absolute Gasteiger partial charge is 0.245 e. The van der Waals surface area contributed by atoms with E-state index >= 15 is 0 Å². The summed E-state index contributed by atoms with van der Waals surface area (Å²) in [5.41, 5.74) is 0. The molecule has 0 atom stereocenters. The van der Waals surface area contributed by atoms with Crippen molar-refractivity contribution in [1.29, 1.82) is 0 Å². The molecule has 1 saturated carbocycles. The number of aliphatic hydroxyl groups is 1. The van der Waals surface area contributed by atoms with Crippen molar-refractivity contribution in [2.75, 3.05) is 26.4 Å². The Balaban J connectivity index is 0.00000529. The first kappa shape index (κ1) is 23.1. The maximum absolute atomic E-state index is 11.8. The van der Waals surface area contributed by atoms with Gasteiger partial charge in [-0.3, -0.25) is 14.4 Å². The fraction of sp³-hybridized carbons (Fsp3) is 0.812. The largest absolute Gasteiger partial charge is 0.387 e. The first-order valence-electron chi connectivity index (χ1n) is 8.34. The van der Waals surface area contributed by atoms with Gasteiger partial charge in [-0.2, -0.15) is 0 Å². The molecule has 2 amide bonds. The van der Waals surface area contributed by atoms with E-state index in [4.69, 9.17) is 9.84 Å². The molecule has 0 unspecified atom stereocenters. The fourth-order valence-corrected chi connectivity index (χ4v) is 2.73. The topological polar surface area (TPSA) is 105 Å².